The third-order valence-corrected chi connectivity index (χ3v) is 4.39. The maximum absolute atomic E-state index is 10.5. The zero-order chi connectivity index (χ0) is 13.5. The highest BCUT2D eigenvalue weighted by Crippen LogP contribution is 2.25. The highest BCUT2D eigenvalue weighted by atomic mass is 16.5. The number of carboxylic acids is 1. The van der Waals surface area contributed by atoms with Crippen molar-refractivity contribution in [2.75, 3.05) is 19.7 Å². The lowest BCUT2D eigenvalue weighted by Gasteiger charge is -2.30. The first-order chi connectivity index (χ1) is 9.25. The fraction of sp³-hybridized carbons (Fsp3) is 0.933. The fourth-order valence-electron chi connectivity index (χ4n) is 3.33. The Morgan fingerprint density at radius 3 is 2.58 bits per heavy atom. The third-order valence-electron chi connectivity index (χ3n) is 4.39. The molecule has 1 aliphatic heterocycles. The molecule has 0 aromatic rings. The first-order valence-corrected chi connectivity index (χ1v) is 7.83. The average molecular weight is 269 g/mol. The van der Waals surface area contributed by atoms with Crippen LogP contribution >= 0.6 is 0 Å². The normalized spacial score (nSPS) is 24.4. The zero-order valence-electron chi connectivity index (χ0n) is 11.9. The Bertz CT molecular complexity index is 271. The number of aliphatic carboxylic acids is 1. The van der Waals surface area contributed by atoms with E-state index in [9.17, 15) is 4.79 Å². The molecule has 19 heavy (non-hydrogen) atoms. The lowest BCUT2D eigenvalue weighted by molar-refractivity contribution is -0.137. The molecule has 1 heterocycles. The van der Waals surface area contributed by atoms with Crippen molar-refractivity contribution in [3.63, 3.8) is 0 Å². The van der Waals surface area contributed by atoms with E-state index >= 15 is 0 Å². The molecule has 4 nitrogen and oxygen atoms in total. The van der Waals surface area contributed by atoms with Gasteiger partial charge in [-0.05, 0) is 45.1 Å². The molecule has 4 heteroatoms. The topological polar surface area (TPSA) is 49.8 Å². The monoisotopic (exact) mass is 269 g/mol. The van der Waals surface area contributed by atoms with Gasteiger partial charge in [-0.3, -0.25) is 9.69 Å². The first kappa shape index (κ1) is 14.8. The van der Waals surface area contributed by atoms with Crippen molar-refractivity contribution < 1.29 is 14.6 Å². The molecule has 0 radical (unpaired) electrons. The van der Waals surface area contributed by atoms with E-state index in [1.165, 1.54) is 38.5 Å². The summed E-state index contributed by atoms with van der Waals surface area (Å²) in [5.74, 6) is -0.674. The molecule has 0 aromatic carbocycles. The van der Waals surface area contributed by atoms with Crippen LogP contribution in [0.4, 0.5) is 0 Å². The third kappa shape index (κ3) is 5.11. The first-order valence-electron chi connectivity index (χ1n) is 7.83. The van der Waals surface area contributed by atoms with Gasteiger partial charge in [-0.25, -0.2) is 0 Å². The van der Waals surface area contributed by atoms with Gasteiger partial charge in [-0.2, -0.15) is 0 Å². The molecule has 2 rings (SSSR count). The molecule has 0 spiro atoms. The van der Waals surface area contributed by atoms with E-state index in [1.54, 1.807) is 0 Å². The summed E-state index contributed by atoms with van der Waals surface area (Å²) in [6.45, 7) is 3.01. The molecule has 2 aliphatic rings. The van der Waals surface area contributed by atoms with Crippen LogP contribution < -0.4 is 0 Å². The predicted octanol–water partition coefficient (Wildman–Crippen LogP) is 2.66. The quantitative estimate of drug-likeness (QED) is 0.688. The van der Waals surface area contributed by atoms with Crippen LogP contribution in [0.5, 0.6) is 0 Å². The smallest absolute Gasteiger partial charge is 0.303 e. The minimum Gasteiger partial charge on any atom is -0.481 e. The highest BCUT2D eigenvalue weighted by molar-refractivity contribution is 5.66. The molecule has 1 unspecified atom stereocenters. The molecule has 1 saturated heterocycles. The van der Waals surface area contributed by atoms with Crippen molar-refractivity contribution in [2.24, 2.45) is 0 Å². The van der Waals surface area contributed by atoms with Gasteiger partial charge >= 0.3 is 5.97 Å². The minimum atomic E-state index is -0.674. The SMILES string of the molecule is O=C(O)CCCCN(CC1CCCO1)C1CCCC1. The number of hydrogen-bond acceptors (Lipinski definition) is 3. The molecule has 1 atom stereocenters. The van der Waals surface area contributed by atoms with Crippen LogP contribution in [0.1, 0.15) is 57.8 Å². The molecular weight excluding hydrogens is 242 g/mol. The summed E-state index contributed by atoms with van der Waals surface area (Å²) >= 11 is 0. The number of carbonyl (C=O) groups is 1. The molecule has 0 aromatic heterocycles. The summed E-state index contributed by atoms with van der Waals surface area (Å²) < 4.78 is 5.75. The Balaban J connectivity index is 1.74. The number of ether oxygens (including phenoxy) is 1. The summed E-state index contributed by atoms with van der Waals surface area (Å²) in [4.78, 5) is 13.1. The molecular formula is C15H27NO3. The standard InChI is InChI=1S/C15H27NO3/c17-15(18)9-3-4-10-16(13-6-1-2-7-13)12-14-8-5-11-19-14/h13-14H,1-12H2,(H,17,18). The number of nitrogens with zero attached hydrogens (tertiary/aromatic N) is 1. The van der Waals surface area contributed by atoms with Crippen LogP contribution in [0.25, 0.3) is 0 Å². The molecule has 1 saturated carbocycles. The molecule has 2 fully saturated rings. The minimum absolute atomic E-state index is 0.304. The van der Waals surface area contributed by atoms with E-state index in [4.69, 9.17) is 9.84 Å². The molecule has 110 valence electrons. The van der Waals surface area contributed by atoms with Crippen molar-refractivity contribution >= 4 is 5.97 Å². The van der Waals surface area contributed by atoms with Crippen molar-refractivity contribution in [2.45, 2.75) is 69.9 Å². The Morgan fingerprint density at radius 1 is 1.16 bits per heavy atom. The predicted molar refractivity (Wildman–Crippen MR) is 74.3 cm³/mol. The van der Waals surface area contributed by atoms with Gasteiger partial charge in [-0.15, -0.1) is 0 Å². The number of carboxylic acid groups (broad SMARTS) is 1. The van der Waals surface area contributed by atoms with E-state index in [2.05, 4.69) is 4.90 Å². The Labute approximate surface area is 116 Å². The summed E-state index contributed by atoms with van der Waals surface area (Å²) in [5.41, 5.74) is 0. The second-order valence-corrected chi connectivity index (χ2v) is 5.92. The van der Waals surface area contributed by atoms with Gasteiger partial charge in [-0.1, -0.05) is 12.8 Å². The molecule has 1 N–H and O–H groups in total. The van der Waals surface area contributed by atoms with Crippen LogP contribution in [0.2, 0.25) is 0 Å². The van der Waals surface area contributed by atoms with Crippen LogP contribution in [-0.4, -0.2) is 47.8 Å². The van der Waals surface area contributed by atoms with Gasteiger partial charge in [0.25, 0.3) is 0 Å². The number of rotatable bonds is 8. The van der Waals surface area contributed by atoms with Crippen LogP contribution in [-0.2, 0) is 9.53 Å². The summed E-state index contributed by atoms with van der Waals surface area (Å²) in [7, 11) is 0. The lowest BCUT2D eigenvalue weighted by Crippen LogP contribution is -2.39. The van der Waals surface area contributed by atoms with Gasteiger partial charge in [0, 0.05) is 25.6 Å². The van der Waals surface area contributed by atoms with Gasteiger partial charge in [0.2, 0.25) is 0 Å². The number of hydrogen-bond donors (Lipinski definition) is 1. The Morgan fingerprint density at radius 2 is 1.95 bits per heavy atom. The summed E-state index contributed by atoms with van der Waals surface area (Å²) in [6, 6.07) is 0.717. The molecule has 0 bridgehead atoms. The van der Waals surface area contributed by atoms with Crippen LogP contribution in [0.15, 0.2) is 0 Å². The zero-order valence-corrected chi connectivity index (χ0v) is 11.9. The average Bonchev–Trinajstić information content (AvgIpc) is 3.05. The van der Waals surface area contributed by atoms with E-state index in [0.717, 1.165) is 32.5 Å². The van der Waals surface area contributed by atoms with E-state index in [-0.39, 0.29) is 0 Å². The second kappa shape index (κ2) is 7.85. The van der Waals surface area contributed by atoms with E-state index in [0.29, 0.717) is 18.6 Å². The molecule has 1 aliphatic carbocycles. The Hall–Kier alpha value is -0.610. The van der Waals surface area contributed by atoms with Crippen LogP contribution in [0, 0.1) is 0 Å². The second-order valence-electron chi connectivity index (χ2n) is 5.92. The maximum atomic E-state index is 10.5. The molecule has 0 amide bonds. The largest absolute Gasteiger partial charge is 0.481 e. The number of unbranched alkanes of at least 4 members (excludes halogenated alkanes) is 1. The van der Waals surface area contributed by atoms with Gasteiger partial charge in [0.15, 0.2) is 0 Å². The van der Waals surface area contributed by atoms with Gasteiger partial charge in [0.05, 0.1) is 6.10 Å². The van der Waals surface area contributed by atoms with Crippen molar-refractivity contribution in [1.82, 2.24) is 4.90 Å². The van der Waals surface area contributed by atoms with Crippen molar-refractivity contribution in [3.8, 4) is 0 Å². The highest BCUT2D eigenvalue weighted by Gasteiger charge is 2.26. The van der Waals surface area contributed by atoms with Gasteiger partial charge < -0.3 is 9.84 Å². The summed E-state index contributed by atoms with van der Waals surface area (Å²) in [5, 5.41) is 8.69. The Kier molecular flexibility index (Phi) is 6.11. The lowest BCUT2D eigenvalue weighted by atomic mass is 10.1. The summed E-state index contributed by atoms with van der Waals surface area (Å²) in [6.07, 6.45) is 10.2. The van der Waals surface area contributed by atoms with Crippen molar-refractivity contribution in [3.05, 3.63) is 0 Å². The maximum Gasteiger partial charge on any atom is 0.303 e. The fourth-order valence-corrected chi connectivity index (χ4v) is 3.33. The van der Waals surface area contributed by atoms with Crippen LogP contribution in [0.3, 0.4) is 0 Å². The van der Waals surface area contributed by atoms with Crippen molar-refractivity contribution in [1.29, 1.82) is 0 Å². The van der Waals surface area contributed by atoms with Gasteiger partial charge in [0.1, 0.15) is 0 Å². The van der Waals surface area contributed by atoms with E-state index in [1.807, 2.05) is 0 Å². The van der Waals surface area contributed by atoms with E-state index < -0.39 is 5.97 Å².